The Bertz CT molecular complexity index is 579. The number of hydrogen-bond donors (Lipinski definition) is 1. The summed E-state index contributed by atoms with van der Waals surface area (Å²) in [7, 11) is 1.61. The van der Waals surface area contributed by atoms with Crippen LogP contribution in [-0.2, 0) is 5.41 Å². The van der Waals surface area contributed by atoms with Gasteiger partial charge in [0.25, 0.3) is 0 Å². The molecule has 3 heteroatoms. The van der Waals surface area contributed by atoms with Crippen LogP contribution in [0.4, 0.5) is 0 Å². The Kier molecular flexibility index (Phi) is 3.45. The Morgan fingerprint density at radius 2 is 1.90 bits per heavy atom. The third-order valence-corrected chi connectivity index (χ3v) is 4.40. The normalized spacial score (nSPS) is 18.1. The average molecular weight is 269 g/mol. The number of rotatable bonds is 4. The molecule has 3 rings (SSSR count). The quantitative estimate of drug-likeness (QED) is 0.926. The molecule has 0 aliphatic heterocycles. The van der Waals surface area contributed by atoms with Crippen molar-refractivity contribution < 1.29 is 9.84 Å². The molecule has 104 valence electrons. The van der Waals surface area contributed by atoms with Gasteiger partial charge in [-0.15, -0.1) is 0 Å². The van der Waals surface area contributed by atoms with E-state index in [4.69, 9.17) is 4.74 Å². The van der Waals surface area contributed by atoms with Crippen LogP contribution < -0.4 is 4.74 Å². The lowest BCUT2D eigenvalue weighted by atomic mass is 9.60. The highest BCUT2D eigenvalue weighted by molar-refractivity contribution is 5.37. The van der Waals surface area contributed by atoms with Crippen LogP contribution in [0.3, 0.4) is 0 Å². The van der Waals surface area contributed by atoms with Crippen molar-refractivity contribution in [3.8, 4) is 5.75 Å². The highest BCUT2D eigenvalue weighted by Gasteiger charge is 2.46. The fourth-order valence-corrected chi connectivity index (χ4v) is 3.09. The van der Waals surface area contributed by atoms with Crippen LogP contribution in [-0.4, -0.2) is 17.2 Å². The van der Waals surface area contributed by atoms with Gasteiger partial charge in [0.05, 0.1) is 7.11 Å². The van der Waals surface area contributed by atoms with Gasteiger partial charge in [0.15, 0.2) is 0 Å². The van der Waals surface area contributed by atoms with Crippen molar-refractivity contribution in [1.29, 1.82) is 0 Å². The number of aliphatic hydroxyl groups excluding tert-OH is 1. The van der Waals surface area contributed by atoms with E-state index < -0.39 is 6.10 Å². The maximum Gasteiger partial charge on any atom is 0.143 e. The van der Waals surface area contributed by atoms with Gasteiger partial charge < -0.3 is 9.84 Å². The predicted octanol–water partition coefficient (Wildman–Crippen LogP) is 3.25. The maximum absolute atomic E-state index is 10.9. The summed E-state index contributed by atoms with van der Waals surface area (Å²) in [6, 6.07) is 13.9. The molecule has 0 saturated heterocycles. The zero-order chi connectivity index (χ0) is 14.0. The molecule has 1 N–H and O–H groups in total. The lowest BCUT2D eigenvalue weighted by Crippen LogP contribution is -2.41. The second kappa shape index (κ2) is 5.25. The second-order valence-corrected chi connectivity index (χ2v) is 5.37. The highest BCUT2D eigenvalue weighted by atomic mass is 16.5. The van der Waals surface area contributed by atoms with E-state index in [1.54, 1.807) is 13.3 Å². The molecule has 0 amide bonds. The number of aromatic nitrogens is 1. The van der Waals surface area contributed by atoms with E-state index in [0.29, 0.717) is 11.4 Å². The molecule has 2 aromatic rings. The molecular formula is C17H19NO2. The molecule has 0 radical (unpaired) electrons. The average Bonchev–Trinajstić information content (AvgIpc) is 2.47. The van der Waals surface area contributed by atoms with Crippen molar-refractivity contribution in [2.24, 2.45) is 0 Å². The minimum Gasteiger partial charge on any atom is -0.495 e. The summed E-state index contributed by atoms with van der Waals surface area (Å²) in [6.07, 6.45) is 4.19. The maximum atomic E-state index is 10.9. The van der Waals surface area contributed by atoms with Crippen LogP contribution in [0.25, 0.3) is 0 Å². The van der Waals surface area contributed by atoms with Crippen molar-refractivity contribution in [3.05, 3.63) is 59.9 Å². The summed E-state index contributed by atoms with van der Waals surface area (Å²) in [5.74, 6) is 0.655. The molecule has 1 aliphatic rings. The number of hydrogen-bond acceptors (Lipinski definition) is 3. The van der Waals surface area contributed by atoms with Crippen LogP contribution in [0.15, 0.2) is 48.7 Å². The molecule has 1 atom stereocenters. The highest BCUT2D eigenvalue weighted by Crippen LogP contribution is 2.52. The summed E-state index contributed by atoms with van der Waals surface area (Å²) in [4.78, 5) is 4.35. The van der Waals surface area contributed by atoms with Crippen molar-refractivity contribution in [3.63, 3.8) is 0 Å². The van der Waals surface area contributed by atoms with E-state index in [9.17, 15) is 5.11 Å². The van der Waals surface area contributed by atoms with Crippen molar-refractivity contribution in [1.82, 2.24) is 4.98 Å². The van der Waals surface area contributed by atoms with Gasteiger partial charge in [0, 0.05) is 11.6 Å². The molecule has 1 saturated carbocycles. The van der Waals surface area contributed by atoms with Crippen LogP contribution in [0.1, 0.15) is 36.6 Å². The van der Waals surface area contributed by atoms with Gasteiger partial charge in [-0.3, -0.25) is 4.98 Å². The monoisotopic (exact) mass is 269 g/mol. The summed E-state index contributed by atoms with van der Waals surface area (Å²) < 4.78 is 5.34. The van der Waals surface area contributed by atoms with E-state index in [1.807, 2.05) is 30.3 Å². The minimum absolute atomic E-state index is 0.219. The third-order valence-electron chi connectivity index (χ3n) is 4.40. The molecule has 0 bridgehead atoms. The SMILES string of the molecule is COc1cccnc1C(O)C1(c2ccccc2)CCC1. The molecule has 0 spiro atoms. The molecule has 1 aromatic heterocycles. The Balaban J connectivity index is 2.01. The van der Waals surface area contributed by atoms with Gasteiger partial charge >= 0.3 is 0 Å². The fourth-order valence-electron chi connectivity index (χ4n) is 3.09. The van der Waals surface area contributed by atoms with Crippen molar-refractivity contribution >= 4 is 0 Å². The van der Waals surface area contributed by atoms with E-state index in [-0.39, 0.29) is 5.41 Å². The topological polar surface area (TPSA) is 42.4 Å². The molecular weight excluding hydrogens is 250 g/mol. The predicted molar refractivity (Wildman–Crippen MR) is 77.7 cm³/mol. The summed E-state index contributed by atoms with van der Waals surface area (Å²) in [6.45, 7) is 0. The van der Waals surface area contributed by atoms with Gasteiger partial charge in [-0.2, -0.15) is 0 Å². The van der Waals surface area contributed by atoms with Crippen molar-refractivity contribution in [2.75, 3.05) is 7.11 Å². The van der Waals surface area contributed by atoms with Gasteiger partial charge in [-0.25, -0.2) is 0 Å². The number of methoxy groups -OCH3 is 1. The largest absolute Gasteiger partial charge is 0.495 e. The Morgan fingerprint density at radius 1 is 1.15 bits per heavy atom. The molecule has 1 aliphatic carbocycles. The number of nitrogens with zero attached hydrogens (tertiary/aromatic N) is 1. The Morgan fingerprint density at radius 3 is 2.50 bits per heavy atom. The zero-order valence-electron chi connectivity index (χ0n) is 11.6. The first-order valence-corrected chi connectivity index (χ1v) is 7.00. The number of ether oxygens (including phenoxy) is 1. The van der Waals surface area contributed by atoms with Gasteiger partial charge in [0.1, 0.15) is 17.5 Å². The summed E-state index contributed by atoms with van der Waals surface area (Å²) in [5.41, 5.74) is 1.60. The number of benzene rings is 1. The van der Waals surface area contributed by atoms with Gasteiger partial charge in [-0.1, -0.05) is 36.8 Å². The lowest BCUT2D eigenvalue weighted by molar-refractivity contribution is 0.0220. The van der Waals surface area contributed by atoms with E-state index in [1.165, 1.54) is 5.56 Å². The van der Waals surface area contributed by atoms with Gasteiger partial charge in [0.2, 0.25) is 0 Å². The molecule has 1 unspecified atom stereocenters. The molecule has 1 fully saturated rings. The fraction of sp³-hybridized carbons (Fsp3) is 0.353. The van der Waals surface area contributed by atoms with E-state index in [2.05, 4.69) is 17.1 Å². The Labute approximate surface area is 119 Å². The van der Waals surface area contributed by atoms with Crippen LogP contribution in [0.2, 0.25) is 0 Å². The molecule has 20 heavy (non-hydrogen) atoms. The van der Waals surface area contributed by atoms with Gasteiger partial charge in [-0.05, 0) is 30.5 Å². The first kappa shape index (κ1) is 13.1. The molecule has 1 heterocycles. The smallest absolute Gasteiger partial charge is 0.143 e. The molecule has 1 aromatic carbocycles. The second-order valence-electron chi connectivity index (χ2n) is 5.37. The standard InChI is InChI=1S/C17H19NO2/c1-20-14-9-5-12-18-15(14)16(19)17(10-6-11-17)13-7-3-2-4-8-13/h2-5,7-9,12,16,19H,6,10-11H2,1H3. The third kappa shape index (κ3) is 1.98. The van der Waals surface area contributed by atoms with E-state index >= 15 is 0 Å². The van der Waals surface area contributed by atoms with Crippen LogP contribution in [0, 0.1) is 0 Å². The number of pyridine rings is 1. The van der Waals surface area contributed by atoms with Crippen molar-refractivity contribution in [2.45, 2.75) is 30.8 Å². The zero-order valence-corrected chi connectivity index (χ0v) is 11.6. The lowest BCUT2D eigenvalue weighted by Gasteiger charge is -2.46. The summed E-state index contributed by atoms with van der Waals surface area (Å²) >= 11 is 0. The number of aliphatic hydroxyl groups is 1. The van der Waals surface area contributed by atoms with Crippen LogP contribution in [0.5, 0.6) is 5.75 Å². The minimum atomic E-state index is -0.630. The van der Waals surface area contributed by atoms with Crippen LogP contribution >= 0.6 is 0 Å². The first-order valence-electron chi connectivity index (χ1n) is 7.00. The molecule has 3 nitrogen and oxygen atoms in total. The Hall–Kier alpha value is -1.87. The first-order chi connectivity index (χ1) is 9.78. The summed E-state index contributed by atoms with van der Waals surface area (Å²) in [5, 5.41) is 10.9. The van der Waals surface area contributed by atoms with E-state index in [0.717, 1.165) is 19.3 Å².